The first-order valence-corrected chi connectivity index (χ1v) is 4.75. The molecule has 0 aromatic heterocycles. The predicted octanol–water partition coefficient (Wildman–Crippen LogP) is 2.27. The average molecular weight is 206 g/mol. The summed E-state index contributed by atoms with van der Waals surface area (Å²) >= 11 is 0. The lowest BCUT2D eigenvalue weighted by molar-refractivity contribution is -0.134. The molecule has 1 rings (SSSR count). The SMILES string of the molecule is CCOc1ccccc1C=CC(=O)OC. The molecule has 0 heterocycles. The molecule has 15 heavy (non-hydrogen) atoms. The predicted molar refractivity (Wildman–Crippen MR) is 58.7 cm³/mol. The van der Waals surface area contributed by atoms with E-state index in [0.29, 0.717) is 6.61 Å². The second kappa shape index (κ2) is 5.86. The van der Waals surface area contributed by atoms with E-state index in [4.69, 9.17) is 4.74 Å². The number of ether oxygens (including phenoxy) is 2. The van der Waals surface area contributed by atoms with E-state index >= 15 is 0 Å². The van der Waals surface area contributed by atoms with E-state index < -0.39 is 0 Å². The van der Waals surface area contributed by atoms with Crippen LogP contribution in [0.3, 0.4) is 0 Å². The van der Waals surface area contributed by atoms with Gasteiger partial charge in [0, 0.05) is 11.6 Å². The topological polar surface area (TPSA) is 35.5 Å². The summed E-state index contributed by atoms with van der Waals surface area (Å²) in [6.07, 6.45) is 3.05. The molecule has 0 unspecified atom stereocenters. The van der Waals surface area contributed by atoms with E-state index in [9.17, 15) is 4.79 Å². The third-order valence-electron chi connectivity index (χ3n) is 1.82. The summed E-state index contributed by atoms with van der Waals surface area (Å²) in [7, 11) is 1.35. The van der Waals surface area contributed by atoms with E-state index in [1.165, 1.54) is 13.2 Å². The molecule has 0 fully saturated rings. The summed E-state index contributed by atoms with van der Waals surface area (Å²) in [5.74, 6) is 0.390. The summed E-state index contributed by atoms with van der Waals surface area (Å²) in [6, 6.07) is 7.52. The third kappa shape index (κ3) is 3.46. The molecule has 0 saturated heterocycles. The van der Waals surface area contributed by atoms with Gasteiger partial charge in [-0.3, -0.25) is 0 Å². The molecule has 0 aliphatic rings. The molecular formula is C12H14O3. The lowest BCUT2D eigenvalue weighted by Gasteiger charge is -2.05. The van der Waals surface area contributed by atoms with E-state index in [1.807, 2.05) is 31.2 Å². The van der Waals surface area contributed by atoms with Gasteiger partial charge in [0.15, 0.2) is 0 Å². The van der Waals surface area contributed by atoms with E-state index in [1.54, 1.807) is 6.08 Å². The highest BCUT2D eigenvalue weighted by Gasteiger charge is 1.99. The lowest BCUT2D eigenvalue weighted by atomic mass is 10.2. The van der Waals surface area contributed by atoms with Crippen molar-refractivity contribution in [2.75, 3.05) is 13.7 Å². The van der Waals surface area contributed by atoms with Crippen molar-refractivity contribution < 1.29 is 14.3 Å². The van der Waals surface area contributed by atoms with Crippen molar-refractivity contribution in [2.24, 2.45) is 0 Å². The van der Waals surface area contributed by atoms with Gasteiger partial charge in [-0.05, 0) is 19.1 Å². The highest BCUT2D eigenvalue weighted by Crippen LogP contribution is 2.19. The quantitative estimate of drug-likeness (QED) is 0.560. The molecule has 0 saturated carbocycles. The van der Waals surface area contributed by atoms with Gasteiger partial charge in [0.25, 0.3) is 0 Å². The second-order valence-electron chi connectivity index (χ2n) is 2.83. The number of benzene rings is 1. The smallest absolute Gasteiger partial charge is 0.330 e. The molecule has 0 spiro atoms. The highest BCUT2D eigenvalue weighted by atomic mass is 16.5. The Hall–Kier alpha value is -1.77. The van der Waals surface area contributed by atoms with Gasteiger partial charge in [-0.1, -0.05) is 18.2 Å². The monoisotopic (exact) mass is 206 g/mol. The van der Waals surface area contributed by atoms with Gasteiger partial charge >= 0.3 is 5.97 Å². The molecule has 0 N–H and O–H groups in total. The van der Waals surface area contributed by atoms with E-state index in [-0.39, 0.29) is 5.97 Å². The van der Waals surface area contributed by atoms with Crippen LogP contribution in [0.2, 0.25) is 0 Å². The minimum Gasteiger partial charge on any atom is -0.493 e. The Bertz CT molecular complexity index is 356. The van der Waals surface area contributed by atoms with Crippen molar-refractivity contribution in [3.63, 3.8) is 0 Å². The van der Waals surface area contributed by atoms with E-state index in [0.717, 1.165) is 11.3 Å². The number of carbonyl (C=O) groups excluding carboxylic acids is 1. The number of para-hydroxylation sites is 1. The van der Waals surface area contributed by atoms with Crippen molar-refractivity contribution in [1.82, 2.24) is 0 Å². The zero-order chi connectivity index (χ0) is 11.1. The molecule has 1 aromatic carbocycles. The molecule has 0 radical (unpaired) electrons. The Morgan fingerprint density at radius 3 is 2.80 bits per heavy atom. The molecular weight excluding hydrogens is 192 g/mol. The standard InChI is InChI=1S/C12H14O3/c1-3-15-11-7-5-4-6-10(11)8-9-12(13)14-2/h4-9H,3H2,1-2H3. The Labute approximate surface area is 89.3 Å². The summed E-state index contributed by atoms with van der Waals surface area (Å²) in [5.41, 5.74) is 0.866. The van der Waals surface area contributed by atoms with Crippen LogP contribution in [0.5, 0.6) is 5.75 Å². The molecule has 0 atom stereocenters. The minimum absolute atomic E-state index is 0.374. The van der Waals surface area contributed by atoms with Crippen LogP contribution in [0.15, 0.2) is 30.3 Å². The Kier molecular flexibility index (Phi) is 4.41. The van der Waals surface area contributed by atoms with Gasteiger partial charge < -0.3 is 9.47 Å². The van der Waals surface area contributed by atoms with Gasteiger partial charge in [-0.15, -0.1) is 0 Å². The number of hydrogen-bond acceptors (Lipinski definition) is 3. The second-order valence-corrected chi connectivity index (χ2v) is 2.83. The van der Waals surface area contributed by atoms with Crippen molar-refractivity contribution in [3.8, 4) is 5.75 Å². The largest absolute Gasteiger partial charge is 0.493 e. The molecule has 0 aliphatic carbocycles. The number of rotatable bonds is 4. The summed E-state index contributed by atoms with van der Waals surface area (Å²) in [5, 5.41) is 0. The number of hydrogen-bond donors (Lipinski definition) is 0. The van der Waals surface area contributed by atoms with Crippen molar-refractivity contribution in [2.45, 2.75) is 6.92 Å². The Balaban J connectivity index is 2.83. The zero-order valence-electron chi connectivity index (χ0n) is 8.90. The average Bonchev–Trinajstić information content (AvgIpc) is 2.28. The highest BCUT2D eigenvalue weighted by molar-refractivity contribution is 5.87. The van der Waals surface area contributed by atoms with Gasteiger partial charge in [-0.2, -0.15) is 0 Å². The van der Waals surface area contributed by atoms with Crippen LogP contribution >= 0.6 is 0 Å². The van der Waals surface area contributed by atoms with Crippen LogP contribution in [0, 0.1) is 0 Å². The van der Waals surface area contributed by atoms with Crippen molar-refractivity contribution in [1.29, 1.82) is 0 Å². The summed E-state index contributed by atoms with van der Waals surface area (Å²) < 4.78 is 9.90. The van der Waals surface area contributed by atoms with Crippen LogP contribution in [0.25, 0.3) is 6.08 Å². The molecule has 1 aromatic rings. The zero-order valence-corrected chi connectivity index (χ0v) is 8.90. The number of esters is 1. The summed E-state index contributed by atoms with van der Waals surface area (Å²) in [4.78, 5) is 10.9. The molecule has 0 aliphatic heterocycles. The van der Waals surface area contributed by atoms with Gasteiger partial charge in [0.1, 0.15) is 5.75 Å². The Morgan fingerprint density at radius 2 is 2.13 bits per heavy atom. The molecule has 3 nitrogen and oxygen atoms in total. The number of carbonyl (C=O) groups is 1. The minimum atomic E-state index is -0.374. The molecule has 80 valence electrons. The normalized spacial score (nSPS) is 10.3. The molecule has 3 heteroatoms. The van der Waals surface area contributed by atoms with Crippen LogP contribution in [-0.4, -0.2) is 19.7 Å². The van der Waals surface area contributed by atoms with Crippen molar-refractivity contribution >= 4 is 12.0 Å². The lowest BCUT2D eigenvalue weighted by Crippen LogP contribution is -1.95. The van der Waals surface area contributed by atoms with Gasteiger partial charge in [0.2, 0.25) is 0 Å². The van der Waals surface area contributed by atoms with Crippen LogP contribution < -0.4 is 4.74 Å². The van der Waals surface area contributed by atoms with Crippen molar-refractivity contribution in [3.05, 3.63) is 35.9 Å². The van der Waals surface area contributed by atoms with Crippen LogP contribution in [-0.2, 0) is 9.53 Å². The number of methoxy groups -OCH3 is 1. The maximum atomic E-state index is 10.9. The first-order valence-electron chi connectivity index (χ1n) is 4.75. The molecule has 0 bridgehead atoms. The maximum absolute atomic E-state index is 10.9. The maximum Gasteiger partial charge on any atom is 0.330 e. The van der Waals surface area contributed by atoms with Crippen LogP contribution in [0.1, 0.15) is 12.5 Å². The fourth-order valence-electron chi connectivity index (χ4n) is 1.13. The first-order chi connectivity index (χ1) is 7.27. The van der Waals surface area contributed by atoms with E-state index in [2.05, 4.69) is 4.74 Å². The van der Waals surface area contributed by atoms with Crippen LogP contribution in [0.4, 0.5) is 0 Å². The third-order valence-corrected chi connectivity index (χ3v) is 1.82. The molecule has 0 amide bonds. The van der Waals surface area contributed by atoms with Gasteiger partial charge in [0.05, 0.1) is 13.7 Å². The fraction of sp³-hybridized carbons (Fsp3) is 0.250. The fourth-order valence-corrected chi connectivity index (χ4v) is 1.13. The summed E-state index contributed by atoms with van der Waals surface area (Å²) in [6.45, 7) is 2.52. The Morgan fingerprint density at radius 1 is 1.40 bits per heavy atom. The first kappa shape index (κ1) is 11.3. The van der Waals surface area contributed by atoms with Gasteiger partial charge in [-0.25, -0.2) is 4.79 Å².